The molecule has 0 saturated carbocycles. The number of rotatable bonds is 11. The Hall–Kier alpha value is -1.75. The van der Waals surface area contributed by atoms with E-state index < -0.39 is 0 Å². The predicted octanol–water partition coefficient (Wildman–Crippen LogP) is 2.49. The molecule has 0 saturated heterocycles. The van der Waals surface area contributed by atoms with Gasteiger partial charge >= 0.3 is 0 Å². The molecular weight excluding hydrogens is 288 g/mol. The molecule has 0 spiro atoms. The minimum absolute atomic E-state index is 0.780. The molecule has 1 aromatic carbocycles. The number of ether oxygens (including phenoxy) is 1. The van der Waals surface area contributed by atoms with Crippen molar-refractivity contribution in [1.82, 2.24) is 10.6 Å². The Morgan fingerprint density at radius 2 is 1.78 bits per heavy atom. The van der Waals surface area contributed by atoms with Gasteiger partial charge < -0.3 is 20.3 Å². The molecule has 0 aliphatic heterocycles. The van der Waals surface area contributed by atoms with Crippen LogP contribution in [0, 0.1) is 0 Å². The topological polar surface area (TPSA) is 48.9 Å². The number of nitrogens with one attached hydrogen (secondary N) is 2. The van der Waals surface area contributed by atoms with Gasteiger partial charge in [0.25, 0.3) is 0 Å². The van der Waals surface area contributed by atoms with E-state index in [0.29, 0.717) is 0 Å². The van der Waals surface area contributed by atoms with Gasteiger partial charge in [-0.3, -0.25) is 4.99 Å². The van der Waals surface area contributed by atoms with E-state index in [2.05, 4.69) is 57.8 Å². The number of aliphatic imine (C=N–C) groups is 1. The maximum absolute atomic E-state index is 5.32. The molecule has 0 fully saturated rings. The van der Waals surface area contributed by atoms with Crippen LogP contribution in [0.2, 0.25) is 0 Å². The van der Waals surface area contributed by atoms with Crippen molar-refractivity contribution >= 4 is 11.6 Å². The van der Waals surface area contributed by atoms with E-state index in [0.717, 1.165) is 58.2 Å². The molecule has 0 aliphatic rings. The van der Waals surface area contributed by atoms with Gasteiger partial charge in [0, 0.05) is 52.1 Å². The van der Waals surface area contributed by atoms with Crippen molar-refractivity contribution in [1.29, 1.82) is 0 Å². The highest BCUT2D eigenvalue weighted by atomic mass is 16.5. The molecule has 0 atom stereocenters. The predicted molar refractivity (Wildman–Crippen MR) is 99.4 cm³/mol. The lowest BCUT2D eigenvalue weighted by Crippen LogP contribution is -2.39. The number of hydrogen-bond acceptors (Lipinski definition) is 3. The third-order valence-corrected chi connectivity index (χ3v) is 3.59. The molecule has 23 heavy (non-hydrogen) atoms. The second kappa shape index (κ2) is 12.8. The number of guanidine groups is 1. The Balaban J connectivity index is 2.19. The summed E-state index contributed by atoms with van der Waals surface area (Å²) in [6.07, 6.45) is 2.06. The van der Waals surface area contributed by atoms with Crippen molar-refractivity contribution in [2.75, 3.05) is 51.3 Å². The van der Waals surface area contributed by atoms with Crippen LogP contribution in [0.25, 0.3) is 0 Å². The second-order valence-corrected chi connectivity index (χ2v) is 5.25. The normalized spacial score (nSPS) is 11.3. The minimum Gasteiger partial charge on any atom is -0.382 e. The standard InChI is InChI=1S/C18H32N4O/c1-4-22(17-11-7-6-8-12-17)15-9-13-20-18(19-3)21-14-10-16-23-5-2/h6-8,11-12H,4-5,9-10,13-16H2,1-3H3,(H2,19,20,21). The van der Waals surface area contributed by atoms with Gasteiger partial charge in [-0.05, 0) is 38.8 Å². The SMILES string of the molecule is CCOCCCNC(=NC)NCCCN(CC)c1ccccc1. The fourth-order valence-corrected chi connectivity index (χ4v) is 2.33. The Bertz CT molecular complexity index is 422. The lowest BCUT2D eigenvalue weighted by Gasteiger charge is -2.23. The van der Waals surface area contributed by atoms with Crippen LogP contribution >= 0.6 is 0 Å². The zero-order chi connectivity index (χ0) is 16.8. The van der Waals surface area contributed by atoms with Crippen LogP contribution in [0.15, 0.2) is 35.3 Å². The van der Waals surface area contributed by atoms with Crippen LogP contribution in [-0.2, 0) is 4.74 Å². The quantitative estimate of drug-likeness (QED) is 0.374. The molecule has 0 bridgehead atoms. The van der Waals surface area contributed by atoms with E-state index in [1.807, 2.05) is 6.92 Å². The number of nitrogens with zero attached hydrogens (tertiary/aromatic N) is 2. The third-order valence-electron chi connectivity index (χ3n) is 3.59. The van der Waals surface area contributed by atoms with Gasteiger partial charge in [0.1, 0.15) is 0 Å². The summed E-state index contributed by atoms with van der Waals surface area (Å²) in [5.41, 5.74) is 1.29. The van der Waals surface area contributed by atoms with Crippen LogP contribution in [0.1, 0.15) is 26.7 Å². The van der Waals surface area contributed by atoms with Crippen molar-refractivity contribution in [2.24, 2.45) is 4.99 Å². The smallest absolute Gasteiger partial charge is 0.190 e. The maximum Gasteiger partial charge on any atom is 0.190 e. The fraction of sp³-hybridized carbons (Fsp3) is 0.611. The molecule has 0 radical (unpaired) electrons. The molecule has 0 unspecified atom stereocenters. The number of para-hydroxylation sites is 1. The third kappa shape index (κ3) is 8.45. The lowest BCUT2D eigenvalue weighted by molar-refractivity contribution is 0.145. The molecule has 0 aromatic heterocycles. The van der Waals surface area contributed by atoms with Gasteiger partial charge in [-0.15, -0.1) is 0 Å². The molecule has 130 valence electrons. The summed E-state index contributed by atoms with van der Waals surface area (Å²) in [6.45, 7) is 9.64. The summed E-state index contributed by atoms with van der Waals surface area (Å²) in [5.74, 6) is 0.865. The second-order valence-electron chi connectivity index (χ2n) is 5.25. The number of benzene rings is 1. The molecule has 5 nitrogen and oxygen atoms in total. The van der Waals surface area contributed by atoms with E-state index in [9.17, 15) is 0 Å². The Morgan fingerprint density at radius 3 is 2.39 bits per heavy atom. The van der Waals surface area contributed by atoms with Crippen molar-refractivity contribution in [2.45, 2.75) is 26.7 Å². The monoisotopic (exact) mass is 320 g/mol. The number of anilines is 1. The number of hydrogen-bond donors (Lipinski definition) is 2. The van der Waals surface area contributed by atoms with Gasteiger partial charge in [0.05, 0.1) is 0 Å². The summed E-state index contributed by atoms with van der Waals surface area (Å²) < 4.78 is 5.32. The summed E-state index contributed by atoms with van der Waals surface area (Å²) in [7, 11) is 1.81. The lowest BCUT2D eigenvalue weighted by atomic mass is 10.2. The van der Waals surface area contributed by atoms with Crippen molar-refractivity contribution < 1.29 is 4.74 Å². The van der Waals surface area contributed by atoms with Crippen LogP contribution < -0.4 is 15.5 Å². The van der Waals surface area contributed by atoms with Crippen LogP contribution in [-0.4, -0.2) is 52.4 Å². The van der Waals surface area contributed by atoms with Crippen LogP contribution in [0.4, 0.5) is 5.69 Å². The van der Waals surface area contributed by atoms with E-state index >= 15 is 0 Å². The minimum atomic E-state index is 0.780. The zero-order valence-corrected chi connectivity index (χ0v) is 14.8. The molecule has 0 heterocycles. The summed E-state index contributed by atoms with van der Waals surface area (Å²) in [4.78, 5) is 6.63. The van der Waals surface area contributed by atoms with Crippen molar-refractivity contribution in [3.05, 3.63) is 30.3 Å². The highest BCUT2D eigenvalue weighted by Gasteiger charge is 2.03. The molecule has 5 heteroatoms. The van der Waals surface area contributed by atoms with Gasteiger partial charge in [0.2, 0.25) is 0 Å². The summed E-state index contributed by atoms with van der Waals surface area (Å²) in [5, 5.41) is 6.67. The van der Waals surface area contributed by atoms with Gasteiger partial charge in [0.15, 0.2) is 5.96 Å². The van der Waals surface area contributed by atoms with E-state index in [4.69, 9.17) is 4.74 Å². The van der Waals surface area contributed by atoms with Crippen LogP contribution in [0.3, 0.4) is 0 Å². The first-order valence-corrected chi connectivity index (χ1v) is 8.64. The highest BCUT2D eigenvalue weighted by molar-refractivity contribution is 5.79. The molecule has 1 rings (SSSR count). The Morgan fingerprint density at radius 1 is 1.09 bits per heavy atom. The van der Waals surface area contributed by atoms with Crippen LogP contribution in [0.5, 0.6) is 0 Å². The largest absolute Gasteiger partial charge is 0.382 e. The highest BCUT2D eigenvalue weighted by Crippen LogP contribution is 2.12. The fourth-order valence-electron chi connectivity index (χ4n) is 2.33. The summed E-state index contributed by atoms with van der Waals surface area (Å²) in [6, 6.07) is 10.6. The summed E-state index contributed by atoms with van der Waals surface area (Å²) >= 11 is 0. The van der Waals surface area contributed by atoms with Crippen molar-refractivity contribution in [3.63, 3.8) is 0 Å². The molecule has 0 aliphatic carbocycles. The maximum atomic E-state index is 5.32. The van der Waals surface area contributed by atoms with E-state index in [1.165, 1.54) is 5.69 Å². The van der Waals surface area contributed by atoms with Gasteiger partial charge in [-0.25, -0.2) is 0 Å². The first-order valence-electron chi connectivity index (χ1n) is 8.64. The molecule has 2 N–H and O–H groups in total. The van der Waals surface area contributed by atoms with E-state index in [-0.39, 0.29) is 0 Å². The first kappa shape index (κ1) is 19.3. The van der Waals surface area contributed by atoms with E-state index in [1.54, 1.807) is 7.05 Å². The Labute approximate surface area is 141 Å². The van der Waals surface area contributed by atoms with Crippen molar-refractivity contribution in [3.8, 4) is 0 Å². The molecule has 1 aromatic rings. The Kier molecular flexibility index (Phi) is 10.7. The molecule has 0 amide bonds. The average molecular weight is 320 g/mol. The molecular formula is C18H32N4O. The zero-order valence-electron chi connectivity index (χ0n) is 14.8. The average Bonchev–Trinajstić information content (AvgIpc) is 2.60. The first-order chi connectivity index (χ1) is 11.3. The van der Waals surface area contributed by atoms with Gasteiger partial charge in [-0.1, -0.05) is 18.2 Å². The van der Waals surface area contributed by atoms with Gasteiger partial charge in [-0.2, -0.15) is 0 Å².